The highest BCUT2D eigenvalue weighted by Crippen LogP contribution is 2.64. The Bertz CT molecular complexity index is 436. The van der Waals surface area contributed by atoms with Crippen molar-refractivity contribution in [2.24, 2.45) is 27.5 Å². The maximum atomic E-state index is 5.65. The van der Waals surface area contributed by atoms with Gasteiger partial charge in [-0.25, -0.2) is 4.99 Å². The summed E-state index contributed by atoms with van der Waals surface area (Å²) in [5, 5.41) is 0. The average Bonchev–Trinajstić information content (AvgIpc) is 2.78. The smallest absolute Gasteiger partial charge is 0.126 e. The van der Waals surface area contributed by atoms with Crippen LogP contribution in [0.15, 0.2) is 41.6 Å². The predicted octanol–water partition coefficient (Wildman–Crippen LogP) is 10.4. The number of hydrogen-bond donors (Lipinski definition) is 1. The van der Waals surface area contributed by atoms with E-state index in [4.69, 9.17) is 5.73 Å². The van der Waals surface area contributed by atoms with Crippen LogP contribution in [0.1, 0.15) is 130 Å². The van der Waals surface area contributed by atoms with E-state index in [1.54, 1.807) is 0 Å². The lowest BCUT2D eigenvalue weighted by atomic mass is 9.45. The number of fused-ring (bicyclic) bond motifs is 2. The van der Waals surface area contributed by atoms with Gasteiger partial charge in [0, 0.05) is 5.70 Å². The lowest BCUT2D eigenvalue weighted by Gasteiger charge is -2.60. The van der Waals surface area contributed by atoms with Gasteiger partial charge >= 0.3 is 0 Å². The number of hydrogen-bond acceptors (Lipinski definition) is 1. The van der Waals surface area contributed by atoms with E-state index in [1.807, 2.05) is 95.2 Å². The van der Waals surface area contributed by atoms with Crippen LogP contribution in [-0.2, 0) is 0 Å². The number of nitrogens with two attached hydrogens (primary N) is 1. The zero-order valence-corrected chi connectivity index (χ0v) is 24.5. The normalized spacial score (nSPS) is 25.6. The molecule has 31 heavy (non-hydrogen) atoms. The fraction of sp³-hybridized carbons (Fsp3) is 0.759. The van der Waals surface area contributed by atoms with E-state index in [0.717, 1.165) is 28.0 Å². The van der Waals surface area contributed by atoms with Gasteiger partial charge < -0.3 is 5.73 Å². The fourth-order valence-electron chi connectivity index (χ4n) is 4.54. The van der Waals surface area contributed by atoms with Gasteiger partial charge in [-0.3, -0.25) is 0 Å². The van der Waals surface area contributed by atoms with Gasteiger partial charge in [0.15, 0.2) is 0 Å². The van der Waals surface area contributed by atoms with Crippen LogP contribution in [0.4, 0.5) is 0 Å². The van der Waals surface area contributed by atoms with Crippen LogP contribution >= 0.6 is 0 Å². The Kier molecular flexibility index (Phi) is 32.3. The van der Waals surface area contributed by atoms with Crippen molar-refractivity contribution in [1.82, 2.24) is 0 Å². The van der Waals surface area contributed by atoms with Gasteiger partial charge in [-0.15, -0.1) is 13.2 Å². The van der Waals surface area contributed by atoms with E-state index >= 15 is 0 Å². The predicted molar refractivity (Wildman–Crippen MR) is 151 cm³/mol. The third-order valence-corrected chi connectivity index (χ3v) is 4.94. The van der Waals surface area contributed by atoms with Gasteiger partial charge in [-0.1, -0.05) is 88.3 Å². The molecule has 2 bridgehead atoms. The van der Waals surface area contributed by atoms with Gasteiger partial charge in [0.05, 0.1) is 0 Å². The summed E-state index contributed by atoms with van der Waals surface area (Å²) in [7, 11) is 0. The second-order valence-electron chi connectivity index (χ2n) is 7.89. The van der Waals surface area contributed by atoms with Crippen molar-refractivity contribution in [3.8, 4) is 0 Å². The molecule has 0 saturated heterocycles. The topological polar surface area (TPSA) is 38.4 Å². The molecule has 0 aromatic carbocycles. The van der Waals surface area contributed by atoms with E-state index in [9.17, 15) is 0 Å². The monoisotopic (exact) mass is 438 g/mol. The maximum absolute atomic E-state index is 5.65. The quantitative estimate of drug-likeness (QED) is 0.260. The first-order chi connectivity index (χ1) is 14.6. The van der Waals surface area contributed by atoms with E-state index < -0.39 is 0 Å². The first-order valence-corrected chi connectivity index (χ1v) is 12.7. The first kappa shape index (κ1) is 40.1. The van der Waals surface area contributed by atoms with E-state index in [-0.39, 0.29) is 0 Å². The lowest BCUT2D eigenvalue weighted by molar-refractivity contribution is -0.0919. The molecular formula is C29H62N2. The van der Waals surface area contributed by atoms with Crippen molar-refractivity contribution in [3.63, 3.8) is 0 Å². The number of amidine groups is 1. The maximum Gasteiger partial charge on any atom is 0.126 e. The SMILES string of the molecule is C=C.CC.CC.CC.CC.CC1CC2(C)CC(C)(C1)C2.CC=C(C)N=C(N)/C(C)=C\C. The highest BCUT2D eigenvalue weighted by molar-refractivity contribution is 5.96. The van der Waals surface area contributed by atoms with Crippen molar-refractivity contribution in [2.45, 2.75) is 130 Å². The summed E-state index contributed by atoms with van der Waals surface area (Å²) in [6, 6.07) is 0. The van der Waals surface area contributed by atoms with Crippen LogP contribution in [0.5, 0.6) is 0 Å². The Morgan fingerprint density at radius 3 is 1.35 bits per heavy atom. The van der Waals surface area contributed by atoms with Gasteiger partial charge in [0.25, 0.3) is 0 Å². The lowest BCUT2D eigenvalue weighted by Crippen LogP contribution is -2.49. The Morgan fingerprint density at radius 1 is 0.806 bits per heavy atom. The second-order valence-corrected chi connectivity index (χ2v) is 7.89. The molecule has 0 radical (unpaired) electrons. The molecule has 3 saturated carbocycles. The zero-order valence-electron chi connectivity index (χ0n) is 24.5. The van der Waals surface area contributed by atoms with Crippen LogP contribution in [0.25, 0.3) is 0 Å². The largest absolute Gasteiger partial charge is 0.383 e. The van der Waals surface area contributed by atoms with Gasteiger partial charge in [0.2, 0.25) is 0 Å². The standard InChI is InChI=1S/C10H18.C9H16N2.4C2H6.C2H4/c1-8-4-9(2)6-10(3,5-8)7-9;1-5-7(3)9(10)11-8(4)6-2;5*1-2/h8H,4-7H2,1-3H3;5-6H,1-4H3,(H2,10,11);4*1-2H3;1-2H2/b;7-5-,8-6?;;;;;. The fourth-order valence-corrected chi connectivity index (χ4v) is 4.54. The van der Waals surface area contributed by atoms with Crippen LogP contribution in [0, 0.1) is 16.7 Å². The molecule has 2 nitrogen and oxygen atoms in total. The first-order valence-electron chi connectivity index (χ1n) is 12.7. The summed E-state index contributed by atoms with van der Waals surface area (Å²) >= 11 is 0. The van der Waals surface area contributed by atoms with E-state index in [1.165, 1.54) is 25.7 Å². The molecule has 0 atom stereocenters. The van der Waals surface area contributed by atoms with Gasteiger partial charge in [0.1, 0.15) is 5.84 Å². The van der Waals surface area contributed by atoms with Crippen molar-refractivity contribution in [2.75, 3.05) is 0 Å². The molecular weight excluding hydrogens is 376 g/mol. The number of allylic oxidation sites excluding steroid dienone is 3. The van der Waals surface area contributed by atoms with Gasteiger partial charge in [-0.05, 0) is 75.7 Å². The molecule has 0 aromatic rings. The van der Waals surface area contributed by atoms with Crippen molar-refractivity contribution >= 4 is 5.84 Å². The summed E-state index contributed by atoms with van der Waals surface area (Å²) in [6.45, 7) is 37.1. The molecule has 2 N–H and O–H groups in total. The molecule has 3 fully saturated rings. The Hall–Kier alpha value is -1.31. The Morgan fingerprint density at radius 2 is 1.13 bits per heavy atom. The van der Waals surface area contributed by atoms with Crippen molar-refractivity contribution in [3.05, 3.63) is 36.6 Å². The average molecular weight is 439 g/mol. The third-order valence-electron chi connectivity index (χ3n) is 4.94. The molecule has 0 spiro atoms. The molecule has 0 aliphatic heterocycles. The van der Waals surface area contributed by atoms with Crippen molar-refractivity contribution < 1.29 is 0 Å². The Labute approximate surface area is 199 Å². The molecule has 3 aliphatic rings. The number of aliphatic imine (C=N–C) groups is 1. The minimum atomic E-state index is 0.600. The number of rotatable bonds is 2. The van der Waals surface area contributed by atoms with Crippen LogP contribution in [0.2, 0.25) is 0 Å². The Balaban J connectivity index is -0.000000104. The van der Waals surface area contributed by atoms with Crippen molar-refractivity contribution in [1.29, 1.82) is 0 Å². The summed E-state index contributed by atoms with van der Waals surface area (Å²) in [6.07, 6.45) is 9.86. The molecule has 0 unspecified atom stereocenters. The summed E-state index contributed by atoms with van der Waals surface area (Å²) in [5.41, 5.74) is 9.13. The second kappa shape index (κ2) is 25.0. The summed E-state index contributed by atoms with van der Waals surface area (Å²) < 4.78 is 0. The number of nitrogens with zero attached hydrogens (tertiary/aromatic N) is 1. The molecule has 3 rings (SSSR count). The van der Waals surface area contributed by atoms with Crippen LogP contribution < -0.4 is 5.73 Å². The highest BCUT2D eigenvalue weighted by atomic mass is 14.9. The minimum Gasteiger partial charge on any atom is -0.383 e. The third kappa shape index (κ3) is 19.1. The summed E-state index contributed by atoms with van der Waals surface area (Å²) in [5.74, 6) is 1.60. The molecule has 2 heteroatoms. The molecule has 3 aliphatic carbocycles. The van der Waals surface area contributed by atoms with E-state index in [2.05, 4.69) is 38.9 Å². The molecule has 0 aromatic heterocycles. The minimum absolute atomic E-state index is 0.600. The van der Waals surface area contributed by atoms with E-state index in [0.29, 0.717) is 5.84 Å². The molecule has 0 amide bonds. The van der Waals surface area contributed by atoms with Crippen LogP contribution in [-0.4, -0.2) is 5.84 Å². The van der Waals surface area contributed by atoms with Crippen LogP contribution in [0.3, 0.4) is 0 Å². The molecule has 188 valence electrons. The highest BCUT2D eigenvalue weighted by Gasteiger charge is 2.53. The van der Waals surface area contributed by atoms with Gasteiger partial charge in [-0.2, -0.15) is 0 Å². The zero-order chi connectivity index (χ0) is 26.3. The molecule has 0 heterocycles. The summed E-state index contributed by atoms with van der Waals surface area (Å²) in [4.78, 5) is 4.15.